The summed E-state index contributed by atoms with van der Waals surface area (Å²) in [5.74, 6) is 0.0737. The number of rotatable bonds is 5. The van der Waals surface area contributed by atoms with Crippen LogP contribution in [0.25, 0.3) is 0 Å². The third-order valence-corrected chi connectivity index (χ3v) is 6.12. The maximum absolute atomic E-state index is 12.8. The quantitative estimate of drug-likeness (QED) is 0.797. The second-order valence-corrected chi connectivity index (χ2v) is 8.40. The lowest BCUT2D eigenvalue weighted by Gasteiger charge is -2.32. The van der Waals surface area contributed by atoms with E-state index in [2.05, 4.69) is 16.3 Å². The fourth-order valence-corrected chi connectivity index (χ4v) is 4.09. The number of piperidine rings is 1. The molecule has 0 radical (unpaired) electrons. The number of anilines is 1. The SMILES string of the molecule is N#CC1(c2ccc(NC(=O)[C@H]3CCCN(Cc4ccc(Cl)cc4)C3)cc2)CC1. The third-order valence-electron chi connectivity index (χ3n) is 5.86. The average Bonchev–Trinajstić information content (AvgIpc) is 3.52. The monoisotopic (exact) mass is 393 g/mol. The molecule has 1 aliphatic heterocycles. The summed E-state index contributed by atoms with van der Waals surface area (Å²) >= 11 is 5.96. The first-order chi connectivity index (χ1) is 13.6. The molecule has 4 nitrogen and oxygen atoms in total. The Bertz CT molecular complexity index is 882. The molecular weight excluding hydrogens is 370 g/mol. The number of nitrogens with zero attached hydrogens (tertiary/aromatic N) is 2. The second kappa shape index (κ2) is 7.95. The van der Waals surface area contributed by atoms with Crippen molar-refractivity contribution in [2.45, 2.75) is 37.6 Å². The van der Waals surface area contributed by atoms with E-state index in [0.29, 0.717) is 0 Å². The summed E-state index contributed by atoms with van der Waals surface area (Å²) in [4.78, 5) is 15.1. The number of nitrogens with one attached hydrogen (secondary N) is 1. The van der Waals surface area contributed by atoms with Crippen LogP contribution in [0.5, 0.6) is 0 Å². The number of benzene rings is 2. The van der Waals surface area contributed by atoms with E-state index in [0.717, 1.165) is 61.6 Å². The molecule has 2 aliphatic rings. The highest BCUT2D eigenvalue weighted by Crippen LogP contribution is 2.47. The van der Waals surface area contributed by atoms with Crippen molar-refractivity contribution in [1.29, 1.82) is 5.26 Å². The number of hydrogen-bond acceptors (Lipinski definition) is 3. The van der Waals surface area contributed by atoms with Crippen LogP contribution in [-0.2, 0) is 16.8 Å². The van der Waals surface area contributed by atoms with Crippen LogP contribution in [-0.4, -0.2) is 23.9 Å². The van der Waals surface area contributed by atoms with Crippen LogP contribution in [0.3, 0.4) is 0 Å². The number of amides is 1. The lowest BCUT2D eigenvalue weighted by Crippen LogP contribution is -2.40. The molecule has 144 valence electrons. The number of hydrogen-bond donors (Lipinski definition) is 1. The van der Waals surface area contributed by atoms with Gasteiger partial charge in [-0.25, -0.2) is 0 Å². The fraction of sp³-hybridized carbons (Fsp3) is 0.391. The third kappa shape index (κ3) is 4.22. The molecule has 2 aromatic rings. The summed E-state index contributed by atoms with van der Waals surface area (Å²) in [6, 6.07) is 18.1. The number of carbonyl (C=O) groups is 1. The van der Waals surface area contributed by atoms with Crippen molar-refractivity contribution in [2.24, 2.45) is 5.92 Å². The molecular formula is C23H24ClN3O. The van der Waals surface area contributed by atoms with E-state index in [1.165, 1.54) is 5.56 Å². The van der Waals surface area contributed by atoms with Crippen molar-refractivity contribution in [2.75, 3.05) is 18.4 Å². The zero-order chi connectivity index (χ0) is 19.6. The zero-order valence-electron chi connectivity index (χ0n) is 15.8. The summed E-state index contributed by atoms with van der Waals surface area (Å²) < 4.78 is 0. The molecule has 28 heavy (non-hydrogen) atoms. The van der Waals surface area contributed by atoms with E-state index < -0.39 is 0 Å². The normalized spacial score (nSPS) is 20.9. The van der Waals surface area contributed by atoms with Crippen molar-refractivity contribution in [3.8, 4) is 6.07 Å². The minimum Gasteiger partial charge on any atom is -0.326 e. The van der Waals surface area contributed by atoms with Crippen LogP contribution in [0.4, 0.5) is 5.69 Å². The number of halogens is 1. The van der Waals surface area contributed by atoms with Gasteiger partial charge in [-0.3, -0.25) is 9.69 Å². The van der Waals surface area contributed by atoms with E-state index in [1.807, 2.05) is 48.5 Å². The van der Waals surface area contributed by atoms with Crippen molar-refractivity contribution in [1.82, 2.24) is 4.90 Å². The van der Waals surface area contributed by atoms with E-state index in [9.17, 15) is 10.1 Å². The standard InChI is InChI=1S/C23H24ClN3O/c24-20-7-3-17(4-8-20)14-27-13-1-2-18(15-27)22(28)26-21-9-5-19(6-10-21)23(16-25)11-12-23/h3-10,18H,1-2,11-15H2,(H,26,28)/t18-/m0/s1. The molecule has 5 heteroatoms. The highest BCUT2D eigenvalue weighted by Gasteiger charge is 2.44. The second-order valence-electron chi connectivity index (χ2n) is 7.96. The van der Waals surface area contributed by atoms with Crippen LogP contribution >= 0.6 is 11.6 Å². The molecule has 1 atom stereocenters. The molecule has 1 N–H and O–H groups in total. The number of likely N-dealkylation sites (tertiary alicyclic amines) is 1. The van der Waals surface area contributed by atoms with Crippen molar-refractivity contribution < 1.29 is 4.79 Å². The molecule has 1 saturated carbocycles. The molecule has 0 unspecified atom stereocenters. The summed E-state index contributed by atoms with van der Waals surface area (Å²) in [6.45, 7) is 2.62. The number of nitriles is 1. The van der Waals surface area contributed by atoms with Gasteiger partial charge in [0.2, 0.25) is 5.91 Å². The zero-order valence-corrected chi connectivity index (χ0v) is 16.6. The van der Waals surface area contributed by atoms with Crippen LogP contribution in [0, 0.1) is 17.2 Å². The molecule has 2 fully saturated rings. The Kier molecular flexibility index (Phi) is 5.39. The van der Waals surface area contributed by atoms with Crippen molar-refractivity contribution in [3.05, 3.63) is 64.7 Å². The molecule has 0 aromatic heterocycles. The molecule has 1 saturated heterocycles. The maximum atomic E-state index is 12.8. The Morgan fingerprint density at radius 2 is 1.89 bits per heavy atom. The number of carbonyl (C=O) groups excluding carboxylic acids is 1. The summed E-state index contributed by atoms with van der Waals surface area (Å²) in [7, 11) is 0. The minimum absolute atomic E-state index is 0.00499. The van der Waals surface area contributed by atoms with E-state index in [-0.39, 0.29) is 17.2 Å². The lowest BCUT2D eigenvalue weighted by atomic mass is 9.96. The van der Waals surface area contributed by atoms with E-state index >= 15 is 0 Å². The summed E-state index contributed by atoms with van der Waals surface area (Å²) in [5, 5.41) is 13.1. The Morgan fingerprint density at radius 3 is 2.54 bits per heavy atom. The Morgan fingerprint density at radius 1 is 1.18 bits per heavy atom. The topological polar surface area (TPSA) is 56.1 Å². The van der Waals surface area contributed by atoms with E-state index in [1.54, 1.807) is 0 Å². The molecule has 1 aliphatic carbocycles. The van der Waals surface area contributed by atoms with Gasteiger partial charge in [-0.15, -0.1) is 0 Å². The molecule has 0 bridgehead atoms. The Balaban J connectivity index is 1.34. The van der Waals surface area contributed by atoms with Crippen molar-refractivity contribution >= 4 is 23.2 Å². The first kappa shape index (κ1) is 19.0. The molecule has 1 amide bonds. The van der Waals surface area contributed by atoms with Gasteiger partial charge in [0, 0.05) is 23.8 Å². The van der Waals surface area contributed by atoms with Gasteiger partial charge in [0.05, 0.1) is 17.4 Å². The van der Waals surface area contributed by atoms with Gasteiger partial charge in [-0.1, -0.05) is 35.9 Å². The van der Waals surface area contributed by atoms with Gasteiger partial charge in [0.25, 0.3) is 0 Å². The van der Waals surface area contributed by atoms with Gasteiger partial charge in [0.1, 0.15) is 0 Å². The Labute approximate surface area is 171 Å². The van der Waals surface area contributed by atoms with Crippen LogP contribution < -0.4 is 5.32 Å². The van der Waals surface area contributed by atoms with Gasteiger partial charge >= 0.3 is 0 Å². The summed E-state index contributed by atoms with van der Waals surface area (Å²) in [5.41, 5.74) is 2.79. The van der Waals surface area contributed by atoms with Gasteiger partial charge in [-0.2, -0.15) is 5.26 Å². The van der Waals surface area contributed by atoms with Gasteiger partial charge in [-0.05, 0) is 67.6 Å². The highest BCUT2D eigenvalue weighted by atomic mass is 35.5. The first-order valence-electron chi connectivity index (χ1n) is 9.87. The molecule has 0 spiro atoms. The first-order valence-corrected chi connectivity index (χ1v) is 10.3. The predicted molar refractivity (Wildman–Crippen MR) is 111 cm³/mol. The largest absolute Gasteiger partial charge is 0.326 e. The smallest absolute Gasteiger partial charge is 0.228 e. The van der Waals surface area contributed by atoms with Crippen LogP contribution in [0.2, 0.25) is 5.02 Å². The maximum Gasteiger partial charge on any atom is 0.228 e. The van der Waals surface area contributed by atoms with Gasteiger partial charge in [0.15, 0.2) is 0 Å². The van der Waals surface area contributed by atoms with Gasteiger partial charge < -0.3 is 5.32 Å². The highest BCUT2D eigenvalue weighted by molar-refractivity contribution is 6.30. The van der Waals surface area contributed by atoms with Crippen LogP contribution in [0.15, 0.2) is 48.5 Å². The minimum atomic E-state index is -0.284. The molecule has 4 rings (SSSR count). The predicted octanol–water partition coefficient (Wildman–Crippen LogP) is 4.75. The van der Waals surface area contributed by atoms with Crippen LogP contribution in [0.1, 0.15) is 36.8 Å². The fourth-order valence-electron chi connectivity index (χ4n) is 3.97. The lowest BCUT2D eigenvalue weighted by molar-refractivity contribution is -0.121. The van der Waals surface area contributed by atoms with Crippen molar-refractivity contribution in [3.63, 3.8) is 0 Å². The average molecular weight is 394 g/mol. The van der Waals surface area contributed by atoms with E-state index in [4.69, 9.17) is 11.6 Å². The Hall–Kier alpha value is -2.35. The summed E-state index contributed by atoms with van der Waals surface area (Å²) in [6.07, 6.45) is 3.80. The molecule has 2 aromatic carbocycles. The molecule has 1 heterocycles.